The van der Waals surface area contributed by atoms with Gasteiger partial charge in [0.25, 0.3) is 0 Å². The molecule has 120 valence electrons. The van der Waals surface area contributed by atoms with Gasteiger partial charge in [-0.2, -0.15) is 0 Å². The fourth-order valence-electron chi connectivity index (χ4n) is 3.09. The maximum Gasteiger partial charge on any atom is 0.343 e. The summed E-state index contributed by atoms with van der Waals surface area (Å²) in [5.41, 5.74) is 6.55. The normalized spacial score (nSPS) is 27.0. The Labute approximate surface area is 131 Å². The third kappa shape index (κ3) is 3.54. The van der Waals surface area contributed by atoms with Gasteiger partial charge in [-0.3, -0.25) is 4.57 Å². The average molecular weight is 312 g/mol. The van der Waals surface area contributed by atoms with Gasteiger partial charge in [-0.05, 0) is 37.5 Å². The van der Waals surface area contributed by atoms with Gasteiger partial charge in [0.2, 0.25) is 0 Å². The number of aromatic amines is 1. The molecular weight excluding hydrogens is 284 g/mol. The highest BCUT2D eigenvalue weighted by Gasteiger charge is 2.37. The molecule has 1 heterocycles. The second-order valence-electron chi connectivity index (χ2n) is 6.73. The van der Waals surface area contributed by atoms with Crippen molar-refractivity contribution in [3.05, 3.63) is 10.5 Å². The zero-order chi connectivity index (χ0) is 15.6. The van der Waals surface area contributed by atoms with Crippen molar-refractivity contribution >= 4 is 11.8 Å². The molecule has 1 aromatic heterocycles. The molecule has 0 saturated heterocycles. The lowest BCUT2D eigenvalue weighted by Gasteiger charge is -2.41. The Morgan fingerprint density at radius 1 is 1.43 bits per heavy atom. The Balaban J connectivity index is 2.12. The van der Waals surface area contributed by atoms with Gasteiger partial charge in [0, 0.05) is 17.8 Å². The minimum absolute atomic E-state index is 0.130. The first-order valence-corrected chi connectivity index (χ1v) is 8.84. The summed E-state index contributed by atoms with van der Waals surface area (Å²) in [6.07, 6.45) is 4.57. The Morgan fingerprint density at radius 2 is 2.14 bits per heavy atom. The quantitative estimate of drug-likeness (QED) is 0.876. The van der Waals surface area contributed by atoms with Crippen LogP contribution in [0.15, 0.2) is 9.95 Å². The van der Waals surface area contributed by atoms with E-state index in [1.54, 1.807) is 16.3 Å². The van der Waals surface area contributed by atoms with E-state index in [2.05, 4.69) is 31.0 Å². The molecule has 1 fully saturated rings. The van der Waals surface area contributed by atoms with Crippen molar-refractivity contribution in [3.8, 4) is 0 Å². The minimum atomic E-state index is -0.130. The van der Waals surface area contributed by atoms with Crippen molar-refractivity contribution in [3.63, 3.8) is 0 Å². The third-order valence-corrected chi connectivity index (χ3v) is 6.52. The molecule has 3 unspecified atom stereocenters. The molecular formula is C15H28N4OS. The number of thioether (sulfide) groups is 1. The topological polar surface area (TPSA) is 76.7 Å². The molecule has 3 N–H and O–H groups in total. The first-order chi connectivity index (χ1) is 9.89. The van der Waals surface area contributed by atoms with Gasteiger partial charge in [0.1, 0.15) is 0 Å². The van der Waals surface area contributed by atoms with Crippen LogP contribution in [0, 0.1) is 11.3 Å². The van der Waals surface area contributed by atoms with Crippen molar-refractivity contribution in [1.29, 1.82) is 0 Å². The predicted octanol–water partition coefficient (Wildman–Crippen LogP) is 2.62. The monoisotopic (exact) mass is 312 g/mol. The van der Waals surface area contributed by atoms with Gasteiger partial charge >= 0.3 is 5.69 Å². The fraction of sp³-hybridized carbons (Fsp3) is 0.867. The van der Waals surface area contributed by atoms with Crippen molar-refractivity contribution in [2.75, 3.05) is 0 Å². The lowest BCUT2D eigenvalue weighted by atomic mass is 9.69. The van der Waals surface area contributed by atoms with Crippen molar-refractivity contribution in [1.82, 2.24) is 14.8 Å². The van der Waals surface area contributed by atoms with E-state index >= 15 is 0 Å². The number of rotatable bonds is 5. The van der Waals surface area contributed by atoms with Crippen LogP contribution < -0.4 is 11.4 Å². The highest BCUT2D eigenvalue weighted by Crippen LogP contribution is 2.44. The van der Waals surface area contributed by atoms with E-state index in [1.807, 2.05) is 6.92 Å². The van der Waals surface area contributed by atoms with Gasteiger partial charge < -0.3 is 5.73 Å². The molecule has 0 amide bonds. The van der Waals surface area contributed by atoms with Gasteiger partial charge in [-0.15, -0.1) is 5.10 Å². The molecule has 21 heavy (non-hydrogen) atoms. The van der Waals surface area contributed by atoms with E-state index in [-0.39, 0.29) is 11.7 Å². The van der Waals surface area contributed by atoms with E-state index in [0.717, 1.165) is 18.0 Å². The maximum atomic E-state index is 11.7. The Bertz CT molecular complexity index is 522. The largest absolute Gasteiger partial charge is 0.343 e. The maximum absolute atomic E-state index is 11.7. The van der Waals surface area contributed by atoms with Gasteiger partial charge in [0.05, 0.1) is 0 Å². The zero-order valence-electron chi connectivity index (χ0n) is 13.6. The molecule has 3 atom stereocenters. The molecule has 1 saturated carbocycles. The average Bonchev–Trinajstić information content (AvgIpc) is 2.81. The first-order valence-electron chi connectivity index (χ1n) is 7.96. The number of hydrogen-bond acceptors (Lipinski definition) is 4. The van der Waals surface area contributed by atoms with E-state index in [9.17, 15) is 4.79 Å². The molecule has 5 nitrogen and oxygen atoms in total. The number of hydrogen-bond donors (Lipinski definition) is 2. The summed E-state index contributed by atoms with van der Waals surface area (Å²) >= 11 is 1.67. The molecule has 1 aromatic rings. The lowest BCUT2D eigenvalue weighted by Crippen LogP contribution is -2.42. The number of nitrogens with zero attached hydrogens (tertiary/aromatic N) is 2. The Morgan fingerprint density at radius 3 is 2.76 bits per heavy atom. The van der Waals surface area contributed by atoms with Crippen LogP contribution in [0.5, 0.6) is 0 Å². The van der Waals surface area contributed by atoms with Crippen molar-refractivity contribution < 1.29 is 0 Å². The summed E-state index contributed by atoms with van der Waals surface area (Å²) in [5.74, 6) is 0.695. The van der Waals surface area contributed by atoms with Crippen LogP contribution in [0.3, 0.4) is 0 Å². The van der Waals surface area contributed by atoms with Crippen LogP contribution >= 0.6 is 11.8 Å². The summed E-state index contributed by atoms with van der Waals surface area (Å²) in [6.45, 7) is 9.58. The number of H-pyrrole nitrogens is 1. The minimum Gasteiger partial charge on any atom is -0.327 e. The van der Waals surface area contributed by atoms with Crippen molar-refractivity contribution in [2.45, 2.75) is 76.4 Å². The highest BCUT2D eigenvalue weighted by molar-refractivity contribution is 7.99. The summed E-state index contributed by atoms with van der Waals surface area (Å²) in [7, 11) is 0. The van der Waals surface area contributed by atoms with Crippen LogP contribution in [-0.2, 0) is 6.54 Å². The number of nitrogens with two attached hydrogens (primary N) is 1. The van der Waals surface area contributed by atoms with E-state index in [4.69, 9.17) is 5.73 Å². The van der Waals surface area contributed by atoms with E-state index < -0.39 is 0 Å². The van der Waals surface area contributed by atoms with E-state index in [1.165, 1.54) is 12.8 Å². The summed E-state index contributed by atoms with van der Waals surface area (Å²) < 4.78 is 1.69. The molecule has 2 rings (SSSR count). The summed E-state index contributed by atoms with van der Waals surface area (Å²) in [4.78, 5) is 11.7. The second kappa shape index (κ2) is 6.57. The Kier molecular flexibility index (Phi) is 5.20. The number of nitrogens with one attached hydrogen (secondary N) is 1. The molecule has 0 aromatic carbocycles. The lowest BCUT2D eigenvalue weighted by molar-refractivity contribution is 0.148. The predicted molar refractivity (Wildman–Crippen MR) is 87.6 cm³/mol. The van der Waals surface area contributed by atoms with Crippen LogP contribution in [0.2, 0.25) is 0 Å². The highest BCUT2D eigenvalue weighted by atomic mass is 32.2. The third-order valence-electron chi connectivity index (χ3n) is 5.16. The smallest absolute Gasteiger partial charge is 0.327 e. The second-order valence-corrected chi connectivity index (χ2v) is 7.93. The molecule has 1 aliphatic rings. The first kappa shape index (κ1) is 16.6. The molecule has 6 heteroatoms. The summed E-state index contributed by atoms with van der Waals surface area (Å²) in [5, 5.41) is 7.81. The van der Waals surface area contributed by atoms with Gasteiger partial charge in [-0.1, -0.05) is 39.0 Å². The Hall–Kier alpha value is -0.750. The van der Waals surface area contributed by atoms with Crippen LogP contribution in [0.25, 0.3) is 0 Å². The van der Waals surface area contributed by atoms with Gasteiger partial charge in [0.15, 0.2) is 5.16 Å². The fourth-order valence-corrected chi connectivity index (χ4v) is 4.44. The van der Waals surface area contributed by atoms with Crippen LogP contribution in [0.4, 0.5) is 0 Å². The molecule has 0 aliphatic heterocycles. The molecule has 0 spiro atoms. The number of aromatic nitrogens is 3. The van der Waals surface area contributed by atoms with Crippen molar-refractivity contribution in [2.24, 2.45) is 17.1 Å². The standard InChI is InChI=1S/C15H28N4OS/c1-5-15(3,4)10-7-8-11(16)12(9-10)21-14-18-17-13(20)19(14)6-2/h10-12H,5-9,16H2,1-4H3,(H,17,20). The molecule has 1 aliphatic carbocycles. The van der Waals surface area contributed by atoms with Gasteiger partial charge in [-0.25, -0.2) is 9.89 Å². The van der Waals surface area contributed by atoms with Crippen LogP contribution in [-0.4, -0.2) is 26.1 Å². The SMILES string of the molecule is CCn1c(SC2CC(C(C)(C)CC)CCC2N)n[nH]c1=O. The van der Waals surface area contributed by atoms with E-state index in [0.29, 0.717) is 23.1 Å². The summed E-state index contributed by atoms with van der Waals surface area (Å²) in [6, 6.07) is 0.191. The molecule has 0 bridgehead atoms. The van der Waals surface area contributed by atoms with Crippen LogP contribution in [0.1, 0.15) is 53.4 Å². The molecule has 0 radical (unpaired) electrons. The zero-order valence-corrected chi connectivity index (χ0v) is 14.4.